The van der Waals surface area contributed by atoms with E-state index in [1.165, 1.54) is 0 Å². The van der Waals surface area contributed by atoms with Gasteiger partial charge in [-0.15, -0.1) is 0 Å². The van der Waals surface area contributed by atoms with E-state index in [2.05, 4.69) is 14.9 Å². The predicted octanol–water partition coefficient (Wildman–Crippen LogP) is 1.96. The van der Waals surface area contributed by atoms with Crippen LogP contribution in [0.4, 0.5) is 0 Å². The van der Waals surface area contributed by atoms with E-state index < -0.39 is 0 Å². The van der Waals surface area contributed by atoms with Crippen LogP contribution in [0.2, 0.25) is 0 Å². The second-order valence-corrected chi connectivity index (χ2v) is 6.65. The van der Waals surface area contributed by atoms with E-state index in [4.69, 9.17) is 9.47 Å². The Morgan fingerprint density at radius 2 is 2.40 bits per heavy atom. The van der Waals surface area contributed by atoms with Crippen LogP contribution in [0.15, 0.2) is 30.6 Å². The van der Waals surface area contributed by atoms with Crippen molar-refractivity contribution in [3.05, 3.63) is 42.0 Å². The van der Waals surface area contributed by atoms with Gasteiger partial charge in [0.05, 0.1) is 12.5 Å². The molecule has 2 aliphatic rings. The molecule has 4 rings (SSSR count). The average molecular weight is 341 g/mol. The van der Waals surface area contributed by atoms with Gasteiger partial charge in [0.2, 0.25) is 5.91 Å². The molecule has 2 aliphatic heterocycles. The third kappa shape index (κ3) is 3.34. The van der Waals surface area contributed by atoms with Crippen molar-refractivity contribution in [1.82, 2.24) is 14.9 Å². The minimum Gasteiger partial charge on any atom is -0.494 e. The molecule has 0 aliphatic carbocycles. The van der Waals surface area contributed by atoms with Gasteiger partial charge in [-0.25, -0.2) is 4.98 Å². The Hall–Kier alpha value is -2.50. The van der Waals surface area contributed by atoms with Crippen LogP contribution >= 0.6 is 0 Å². The largest absolute Gasteiger partial charge is 0.494 e. The van der Waals surface area contributed by atoms with Crippen LogP contribution in [0.25, 0.3) is 0 Å². The quantitative estimate of drug-likeness (QED) is 0.923. The number of imidazole rings is 1. The van der Waals surface area contributed by atoms with Crippen LogP contribution in [0, 0.1) is 5.92 Å². The molecule has 0 fully saturated rings. The summed E-state index contributed by atoms with van der Waals surface area (Å²) in [6.07, 6.45) is 6.32. The Balaban J connectivity index is 1.39. The molecule has 1 aromatic carbocycles. The van der Waals surface area contributed by atoms with E-state index in [0.717, 1.165) is 42.3 Å². The van der Waals surface area contributed by atoms with Gasteiger partial charge in [0.15, 0.2) is 0 Å². The molecular formula is C19H23N3O3. The van der Waals surface area contributed by atoms with Crippen LogP contribution < -0.4 is 14.8 Å². The number of aryl methyl sites for hydroxylation is 1. The zero-order valence-electron chi connectivity index (χ0n) is 14.4. The molecule has 0 bridgehead atoms. The Bertz CT molecular complexity index is 771. The highest BCUT2D eigenvalue weighted by atomic mass is 16.5. The number of nitrogens with zero attached hydrogens (tertiary/aromatic N) is 2. The van der Waals surface area contributed by atoms with Crippen LogP contribution in [0.1, 0.15) is 24.7 Å². The highest BCUT2D eigenvalue weighted by Crippen LogP contribution is 2.31. The summed E-state index contributed by atoms with van der Waals surface area (Å²) < 4.78 is 13.5. The first kappa shape index (κ1) is 16.0. The van der Waals surface area contributed by atoms with Gasteiger partial charge in [0.25, 0.3) is 0 Å². The maximum Gasteiger partial charge on any atom is 0.227 e. The molecule has 2 atom stereocenters. The average Bonchev–Trinajstić information content (AvgIpc) is 3.09. The summed E-state index contributed by atoms with van der Waals surface area (Å²) in [6, 6.07) is 5.98. The summed E-state index contributed by atoms with van der Waals surface area (Å²) in [5, 5.41) is 3.19. The van der Waals surface area contributed by atoms with E-state index in [-0.39, 0.29) is 17.9 Å². The molecule has 132 valence electrons. The van der Waals surface area contributed by atoms with E-state index in [1.54, 1.807) is 0 Å². The number of hydrogen-bond acceptors (Lipinski definition) is 4. The van der Waals surface area contributed by atoms with Crippen molar-refractivity contribution in [2.45, 2.75) is 38.8 Å². The van der Waals surface area contributed by atoms with Crippen molar-refractivity contribution in [2.24, 2.45) is 5.92 Å². The Kier molecular flexibility index (Phi) is 4.34. The molecule has 1 aromatic heterocycles. The summed E-state index contributed by atoms with van der Waals surface area (Å²) in [5.74, 6) is 2.69. The van der Waals surface area contributed by atoms with Gasteiger partial charge < -0.3 is 19.4 Å². The van der Waals surface area contributed by atoms with Gasteiger partial charge in [-0.1, -0.05) is 0 Å². The van der Waals surface area contributed by atoms with E-state index in [9.17, 15) is 4.79 Å². The monoisotopic (exact) mass is 341 g/mol. The number of carbonyl (C=O) groups excluding carboxylic acids is 1. The van der Waals surface area contributed by atoms with Gasteiger partial charge in [0, 0.05) is 31.4 Å². The number of rotatable bonds is 4. The van der Waals surface area contributed by atoms with E-state index in [1.807, 2.05) is 37.5 Å². The van der Waals surface area contributed by atoms with Crippen LogP contribution in [0.3, 0.4) is 0 Å². The minimum absolute atomic E-state index is 0.0704. The molecular weight excluding hydrogens is 318 g/mol. The molecule has 1 amide bonds. The summed E-state index contributed by atoms with van der Waals surface area (Å²) in [5.41, 5.74) is 1.04. The molecule has 2 aromatic rings. The van der Waals surface area contributed by atoms with E-state index in [0.29, 0.717) is 19.6 Å². The van der Waals surface area contributed by atoms with Crippen molar-refractivity contribution >= 4 is 5.91 Å². The van der Waals surface area contributed by atoms with Gasteiger partial charge in [-0.05, 0) is 43.5 Å². The highest BCUT2D eigenvalue weighted by molar-refractivity contribution is 5.80. The van der Waals surface area contributed by atoms with Gasteiger partial charge in [-0.3, -0.25) is 4.79 Å². The normalized spacial score (nSPS) is 21.6. The third-order valence-electron chi connectivity index (χ3n) is 4.90. The van der Waals surface area contributed by atoms with E-state index >= 15 is 0 Å². The molecule has 0 saturated heterocycles. The molecule has 25 heavy (non-hydrogen) atoms. The summed E-state index contributed by atoms with van der Waals surface area (Å²) in [6.45, 7) is 3.80. The number of aromatic nitrogens is 2. The molecule has 0 spiro atoms. The van der Waals surface area contributed by atoms with Crippen molar-refractivity contribution in [1.29, 1.82) is 0 Å². The lowest BCUT2D eigenvalue weighted by Gasteiger charge is -2.29. The standard InChI is InChI=1S/C19H23N3O3/c1-2-24-16-4-5-17-13(10-16)9-14(12-25-17)19(23)21-15-3-6-18-20-7-8-22(18)11-15/h4-5,7-8,10,14-15H,2-3,6,9,11-12H2,1H3,(H,21,23). The predicted molar refractivity (Wildman–Crippen MR) is 92.8 cm³/mol. The Morgan fingerprint density at radius 1 is 1.48 bits per heavy atom. The molecule has 0 radical (unpaired) electrons. The lowest BCUT2D eigenvalue weighted by Crippen LogP contribution is -2.46. The number of nitrogens with one attached hydrogen (secondary N) is 1. The van der Waals surface area contributed by atoms with Gasteiger partial charge in [-0.2, -0.15) is 0 Å². The molecule has 0 saturated carbocycles. The molecule has 1 N–H and O–H groups in total. The highest BCUT2D eigenvalue weighted by Gasteiger charge is 2.29. The molecule has 6 heteroatoms. The van der Waals surface area contributed by atoms with Crippen molar-refractivity contribution in [3.63, 3.8) is 0 Å². The third-order valence-corrected chi connectivity index (χ3v) is 4.90. The van der Waals surface area contributed by atoms with Crippen LogP contribution in [0.5, 0.6) is 11.5 Å². The second-order valence-electron chi connectivity index (χ2n) is 6.65. The molecule has 6 nitrogen and oxygen atoms in total. The van der Waals surface area contributed by atoms with Crippen molar-refractivity contribution in [3.8, 4) is 11.5 Å². The maximum absolute atomic E-state index is 12.7. The fourth-order valence-corrected chi connectivity index (χ4v) is 3.60. The Morgan fingerprint density at radius 3 is 3.28 bits per heavy atom. The molecule has 3 heterocycles. The number of ether oxygens (including phenoxy) is 2. The number of carbonyl (C=O) groups is 1. The Labute approximate surface area is 147 Å². The minimum atomic E-state index is -0.159. The van der Waals surface area contributed by atoms with Gasteiger partial charge >= 0.3 is 0 Å². The van der Waals surface area contributed by atoms with Crippen LogP contribution in [-0.2, 0) is 24.2 Å². The SMILES string of the molecule is CCOc1ccc2c(c1)CC(C(=O)NC1CCc3nccn3C1)CO2. The number of fused-ring (bicyclic) bond motifs is 2. The smallest absolute Gasteiger partial charge is 0.227 e. The zero-order chi connectivity index (χ0) is 17.2. The zero-order valence-corrected chi connectivity index (χ0v) is 14.4. The van der Waals surface area contributed by atoms with Crippen molar-refractivity contribution in [2.75, 3.05) is 13.2 Å². The lowest BCUT2D eigenvalue weighted by molar-refractivity contribution is -0.127. The summed E-state index contributed by atoms with van der Waals surface area (Å²) in [4.78, 5) is 17.0. The maximum atomic E-state index is 12.7. The van der Waals surface area contributed by atoms with Crippen molar-refractivity contribution < 1.29 is 14.3 Å². The second kappa shape index (κ2) is 6.78. The summed E-state index contributed by atoms with van der Waals surface area (Å²) >= 11 is 0. The van der Waals surface area contributed by atoms with Gasteiger partial charge in [0.1, 0.15) is 23.9 Å². The fraction of sp³-hybridized carbons (Fsp3) is 0.474. The number of hydrogen-bond donors (Lipinski definition) is 1. The lowest BCUT2D eigenvalue weighted by atomic mass is 9.95. The first-order valence-electron chi connectivity index (χ1n) is 8.92. The first-order chi connectivity index (χ1) is 12.2. The van der Waals surface area contributed by atoms with Crippen LogP contribution in [-0.4, -0.2) is 34.7 Å². The first-order valence-corrected chi connectivity index (χ1v) is 8.92. The number of amides is 1. The molecule has 2 unspecified atom stereocenters. The topological polar surface area (TPSA) is 65.4 Å². The number of benzene rings is 1. The summed E-state index contributed by atoms with van der Waals surface area (Å²) in [7, 11) is 0. The fourth-order valence-electron chi connectivity index (χ4n) is 3.60.